The monoisotopic (exact) mass is 222 g/mol. The Labute approximate surface area is 95.4 Å². The number of carbonyl (C=O) groups excluding carboxylic acids is 1. The van der Waals surface area contributed by atoms with Crippen molar-refractivity contribution in [2.45, 2.75) is 38.3 Å². The molecule has 2 atom stereocenters. The van der Waals surface area contributed by atoms with Crippen molar-refractivity contribution in [2.24, 2.45) is 0 Å². The minimum absolute atomic E-state index is 0.0499. The van der Waals surface area contributed by atoms with Crippen molar-refractivity contribution in [1.29, 1.82) is 0 Å². The first-order valence-corrected chi connectivity index (χ1v) is 5.71. The summed E-state index contributed by atoms with van der Waals surface area (Å²) >= 11 is 0. The summed E-state index contributed by atoms with van der Waals surface area (Å²) in [6.45, 7) is 4.79. The second-order valence-electron chi connectivity index (χ2n) is 4.57. The zero-order valence-corrected chi connectivity index (χ0v) is 9.75. The number of rotatable bonds is 3. The molecule has 0 aromatic carbocycles. The number of hydrogen-bond acceptors (Lipinski definition) is 3. The van der Waals surface area contributed by atoms with Crippen molar-refractivity contribution < 1.29 is 9.21 Å². The quantitative estimate of drug-likeness (QED) is 0.816. The van der Waals surface area contributed by atoms with Crippen LogP contribution in [-0.4, -0.2) is 18.0 Å². The van der Waals surface area contributed by atoms with E-state index >= 15 is 0 Å². The van der Waals surface area contributed by atoms with Crippen molar-refractivity contribution in [3.8, 4) is 0 Å². The summed E-state index contributed by atoms with van der Waals surface area (Å²) in [7, 11) is 0. The lowest BCUT2D eigenvalue weighted by molar-refractivity contribution is -0.127. The minimum Gasteiger partial charge on any atom is -0.467 e. The molecule has 4 nitrogen and oxygen atoms in total. The molecule has 1 saturated heterocycles. The predicted molar refractivity (Wildman–Crippen MR) is 60.9 cm³/mol. The van der Waals surface area contributed by atoms with Crippen LogP contribution < -0.4 is 10.6 Å². The van der Waals surface area contributed by atoms with E-state index in [9.17, 15) is 4.79 Å². The van der Waals surface area contributed by atoms with Crippen molar-refractivity contribution >= 4 is 5.91 Å². The molecule has 1 fully saturated rings. The van der Waals surface area contributed by atoms with E-state index in [4.69, 9.17) is 4.42 Å². The van der Waals surface area contributed by atoms with Gasteiger partial charge in [0.25, 0.3) is 0 Å². The SMILES string of the molecule is C[C@@H](NC(=O)C1(C)CCCN1)c1ccco1. The highest BCUT2D eigenvalue weighted by Crippen LogP contribution is 2.20. The first kappa shape index (κ1) is 11.2. The van der Waals surface area contributed by atoms with Crippen LogP contribution in [0.3, 0.4) is 0 Å². The highest BCUT2D eigenvalue weighted by Gasteiger charge is 2.36. The Morgan fingerprint density at radius 3 is 3.06 bits per heavy atom. The van der Waals surface area contributed by atoms with E-state index < -0.39 is 5.54 Å². The third-order valence-corrected chi connectivity index (χ3v) is 3.19. The van der Waals surface area contributed by atoms with Gasteiger partial charge in [-0.2, -0.15) is 0 Å². The maximum atomic E-state index is 12.1. The fourth-order valence-corrected chi connectivity index (χ4v) is 2.05. The molecule has 1 aliphatic rings. The normalized spacial score (nSPS) is 26.6. The van der Waals surface area contributed by atoms with Crippen LogP contribution in [0.15, 0.2) is 22.8 Å². The Kier molecular flexibility index (Phi) is 3.01. The fourth-order valence-electron chi connectivity index (χ4n) is 2.05. The Balaban J connectivity index is 1.97. The Hall–Kier alpha value is -1.29. The van der Waals surface area contributed by atoms with Crippen LogP contribution in [0, 0.1) is 0 Å². The van der Waals surface area contributed by atoms with Gasteiger partial charge in [0.05, 0.1) is 17.8 Å². The Bertz CT molecular complexity index is 353. The number of nitrogens with one attached hydrogen (secondary N) is 2. The molecule has 0 aliphatic carbocycles. The zero-order chi connectivity index (χ0) is 11.6. The van der Waals surface area contributed by atoms with Crippen LogP contribution in [-0.2, 0) is 4.79 Å². The minimum atomic E-state index is -0.416. The zero-order valence-electron chi connectivity index (χ0n) is 9.75. The molecule has 1 aromatic heterocycles. The molecular formula is C12H18N2O2. The second kappa shape index (κ2) is 4.29. The fraction of sp³-hybridized carbons (Fsp3) is 0.583. The molecule has 2 heterocycles. The molecule has 16 heavy (non-hydrogen) atoms. The van der Waals surface area contributed by atoms with Gasteiger partial charge in [0.1, 0.15) is 5.76 Å². The molecule has 2 N–H and O–H groups in total. The van der Waals surface area contributed by atoms with Crippen LogP contribution >= 0.6 is 0 Å². The lowest BCUT2D eigenvalue weighted by Crippen LogP contribution is -2.51. The summed E-state index contributed by atoms with van der Waals surface area (Å²) in [4.78, 5) is 12.1. The predicted octanol–water partition coefficient (Wildman–Crippen LogP) is 1.60. The van der Waals surface area contributed by atoms with E-state index in [1.54, 1.807) is 6.26 Å². The molecule has 1 unspecified atom stereocenters. The van der Waals surface area contributed by atoms with Crippen molar-refractivity contribution in [1.82, 2.24) is 10.6 Å². The summed E-state index contributed by atoms with van der Waals surface area (Å²) in [6, 6.07) is 3.62. The van der Waals surface area contributed by atoms with Crippen molar-refractivity contribution in [3.63, 3.8) is 0 Å². The summed E-state index contributed by atoms with van der Waals surface area (Å²) in [5.41, 5.74) is -0.416. The largest absolute Gasteiger partial charge is 0.467 e. The van der Waals surface area contributed by atoms with Crippen molar-refractivity contribution in [3.05, 3.63) is 24.2 Å². The van der Waals surface area contributed by atoms with Gasteiger partial charge < -0.3 is 15.1 Å². The summed E-state index contributed by atoms with van der Waals surface area (Å²) in [6.07, 6.45) is 3.57. The summed E-state index contributed by atoms with van der Waals surface area (Å²) in [5, 5.41) is 6.21. The van der Waals surface area contributed by atoms with Gasteiger partial charge in [0.15, 0.2) is 0 Å². The van der Waals surface area contributed by atoms with Gasteiger partial charge in [0, 0.05) is 0 Å². The van der Waals surface area contributed by atoms with Gasteiger partial charge in [-0.1, -0.05) is 0 Å². The van der Waals surface area contributed by atoms with Crippen molar-refractivity contribution in [2.75, 3.05) is 6.54 Å². The van der Waals surface area contributed by atoms with E-state index in [-0.39, 0.29) is 11.9 Å². The lowest BCUT2D eigenvalue weighted by atomic mass is 9.99. The highest BCUT2D eigenvalue weighted by molar-refractivity contribution is 5.86. The maximum absolute atomic E-state index is 12.1. The van der Waals surface area contributed by atoms with Crippen LogP contribution in [0.25, 0.3) is 0 Å². The smallest absolute Gasteiger partial charge is 0.240 e. The summed E-state index contributed by atoms with van der Waals surface area (Å²) in [5.74, 6) is 0.837. The van der Waals surface area contributed by atoms with Gasteiger partial charge in [0.2, 0.25) is 5.91 Å². The van der Waals surface area contributed by atoms with E-state index in [1.165, 1.54) is 0 Å². The molecule has 1 aliphatic heterocycles. The lowest BCUT2D eigenvalue weighted by Gasteiger charge is -2.25. The third-order valence-electron chi connectivity index (χ3n) is 3.19. The molecule has 0 saturated carbocycles. The number of amides is 1. The van der Waals surface area contributed by atoms with Gasteiger partial charge in [-0.15, -0.1) is 0 Å². The maximum Gasteiger partial charge on any atom is 0.240 e. The molecule has 1 aromatic rings. The summed E-state index contributed by atoms with van der Waals surface area (Å²) < 4.78 is 5.26. The highest BCUT2D eigenvalue weighted by atomic mass is 16.3. The molecule has 0 radical (unpaired) electrons. The average Bonchev–Trinajstić information content (AvgIpc) is 2.88. The first-order chi connectivity index (χ1) is 7.62. The molecule has 4 heteroatoms. The van der Waals surface area contributed by atoms with E-state index in [0.717, 1.165) is 25.1 Å². The Morgan fingerprint density at radius 1 is 1.69 bits per heavy atom. The van der Waals surface area contributed by atoms with E-state index in [0.29, 0.717) is 0 Å². The van der Waals surface area contributed by atoms with Crippen LogP contribution in [0.2, 0.25) is 0 Å². The number of hydrogen-bond donors (Lipinski definition) is 2. The third kappa shape index (κ3) is 2.11. The van der Waals surface area contributed by atoms with Gasteiger partial charge in [-0.05, 0) is 45.4 Å². The average molecular weight is 222 g/mol. The van der Waals surface area contributed by atoms with Crippen LogP contribution in [0.4, 0.5) is 0 Å². The standard InChI is InChI=1S/C12H18N2O2/c1-9(10-5-3-8-16-10)14-11(15)12(2)6-4-7-13-12/h3,5,8-9,13H,4,6-7H2,1-2H3,(H,14,15)/t9-,12?/m1/s1. The van der Waals surface area contributed by atoms with Gasteiger partial charge >= 0.3 is 0 Å². The molecule has 0 bridgehead atoms. The topological polar surface area (TPSA) is 54.3 Å². The van der Waals surface area contributed by atoms with Gasteiger partial charge in [-0.3, -0.25) is 4.79 Å². The Morgan fingerprint density at radius 2 is 2.50 bits per heavy atom. The molecule has 2 rings (SSSR count). The molecule has 1 amide bonds. The van der Waals surface area contributed by atoms with Gasteiger partial charge in [-0.25, -0.2) is 0 Å². The van der Waals surface area contributed by atoms with E-state index in [1.807, 2.05) is 26.0 Å². The molecular weight excluding hydrogens is 204 g/mol. The number of furan rings is 1. The van der Waals surface area contributed by atoms with Crippen LogP contribution in [0.5, 0.6) is 0 Å². The molecule has 88 valence electrons. The molecule has 0 spiro atoms. The van der Waals surface area contributed by atoms with E-state index in [2.05, 4.69) is 10.6 Å². The first-order valence-electron chi connectivity index (χ1n) is 5.71. The number of carbonyl (C=O) groups is 1. The second-order valence-corrected chi connectivity index (χ2v) is 4.57. The van der Waals surface area contributed by atoms with Crippen LogP contribution in [0.1, 0.15) is 38.5 Å².